The first-order valence-corrected chi connectivity index (χ1v) is 10.6. The number of thioether (sulfide) groups is 1. The number of nitrogens with zero attached hydrogens (tertiary/aromatic N) is 2. The van der Waals surface area contributed by atoms with Gasteiger partial charge in [0.15, 0.2) is 0 Å². The average molecular weight is 423 g/mol. The number of halogens is 1. The van der Waals surface area contributed by atoms with Gasteiger partial charge in [-0.15, -0.1) is 0 Å². The van der Waals surface area contributed by atoms with E-state index in [0.717, 1.165) is 31.0 Å². The number of carbonyl (C=O) groups is 2. The van der Waals surface area contributed by atoms with Gasteiger partial charge in [-0.2, -0.15) is 0 Å². The lowest BCUT2D eigenvalue weighted by Crippen LogP contribution is -2.53. The van der Waals surface area contributed by atoms with Crippen molar-refractivity contribution in [3.05, 3.63) is 40.6 Å². The number of thiocarbonyl (C=S) groups is 1. The van der Waals surface area contributed by atoms with E-state index in [-0.39, 0.29) is 30.3 Å². The van der Waals surface area contributed by atoms with Crippen molar-refractivity contribution < 1.29 is 19.1 Å². The number of benzene rings is 1. The molecule has 2 aliphatic heterocycles. The molecule has 5 nitrogen and oxygen atoms in total. The third-order valence-electron chi connectivity index (χ3n) is 5.11. The fraction of sp³-hybridized carbons (Fsp3) is 0.450. The largest absolute Gasteiger partial charge is 0.396 e. The molecule has 2 aliphatic rings. The molecule has 3 rings (SSSR count). The van der Waals surface area contributed by atoms with E-state index in [9.17, 15) is 19.1 Å². The van der Waals surface area contributed by atoms with Crippen molar-refractivity contribution in [1.82, 2.24) is 9.80 Å². The van der Waals surface area contributed by atoms with Crippen molar-refractivity contribution in [3.8, 4) is 0 Å². The van der Waals surface area contributed by atoms with Crippen molar-refractivity contribution in [2.45, 2.75) is 44.7 Å². The minimum Gasteiger partial charge on any atom is -0.396 e. The van der Waals surface area contributed by atoms with Crippen LogP contribution in [-0.4, -0.2) is 56.3 Å². The molecule has 1 aromatic carbocycles. The summed E-state index contributed by atoms with van der Waals surface area (Å²) >= 11 is 6.51. The Kier molecular flexibility index (Phi) is 6.85. The number of amides is 2. The Bertz CT molecular complexity index is 795. The molecular formula is C20H23FN2O3S2. The molecule has 150 valence electrons. The summed E-state index contributed by atoms with van der Waals surface area (Å²) in [5.41, 5.74) is 0.694. The Balaban J connectivity index is 1.76. The zero-order chi connectivity index (χ0) is 20.3. The Morgan fingerprint density at radius 2 is 2.11 bits per heavy atom. The second-order valence-electron chi connectivity index (χ2n) is 6.97. The van der Waals surface area contributed by atoms with Crippen LogP contribution in [0, 0.1) is 5.82 Å². The van der Waals surface area contributed by atoms with E-state index in [0.29, 0.717) is 27.8 Å². The second kappa shape index (κ2) is 9.15. The summed E-state index contributed by atoms with van der Waals surface area (Å²) in [6, 6.07) is 5.13. The number of aliphatic hydroxyl groups is 1. The fourth-order valence-electron chi connectivity index (χ4n) is 3.61. The lowest BCUT2D eigenvalue weighted by molar-refractivity contribution is -0.142. The monoisotopic (exact) mass is 422 g/mol. The van der Waals surface area contributed by atoms with E-state index in [1.807, 2.05) is 0 Å². The van der Waals surface area contributed by atoms with Crippen LogP contribution >= 0.6 is 24.0 Å². The van der Waals surface area contributed by atoms with Crippen LogP contribution in [0.1, 0.15) is 38.2 Å². The maximum atomic E-state index is 13.1. The molecule has 2 atom stereocenters. The number of piperidine rings is 1. The van der Waals surface area contributed by atoms with E-state index in [1.54, 1.807) is 30.0 Å². The van der Waals surface area contributed by atoms with Gasteiger partial charge in [-0.05, 0) is 56.4 Å². The molecule has 1 aromatic rings. The summed E-state index contributed by atoms with van der Waals surface area (Å²) in [5, 5.41) is 9.29. The van der Waals surface area contributed by atoms with Crippen LogP contribution in [0.4, 0.5) is 4.39 Å². The van der Waals surface area contributed by atoms with Crippen LogP contribution in [0.25, 0.3) is 6.08 Å². The third kappa shape index (κ3) is 4.45. The van der Waals surface area contributed by atoms with Gasteiger partial charge < -0.3 is 10.0 Å². The summed E-state index contributed by atoms with van der Waals surface area (Å²) in [6.07, 6.45) is 5.02. The van der Waals surface area contributed by atoms with Gasteiger partial charge in [0.05, 0.1) is 4.91 Å². The fourth-order valence-corrected chi connectivity index (χ4v) is 5.03. The Labute approximate surface area is 173 Å². The molecule has 0 bridgehead atoms. The van der Waals surface area contributed by atoms with E-state index >= 15 is 0 Å². The Morgan fingerprint density at radius 3 is 2.79 bits per heavy atom. The zero-order valence-electron chi connectivity index (χ0n) is 15.6. The lowest BCUT2D eigenvalue weighted by atomic mass is 9.98. The molecule has 0 saturated carbocycles. The number of aliphatic hydroxyl groups excluding tert-OH is 1. The van der Waals surface area contributed by atoms with E-state index < -0.39 is 6.04 Å². The number of hydrogen-bond acceptors (Lipinski definition) is 5. The van der Waals surface area contributed by atoms with Crippen LogP contribution in [0.15, 0.2) is 29.2 Å². The van der Waals surface area contributed by atoms with Crippen LogP contribution in [0.5, 0.6) is 0 Å². The molecule has 28 heavy (non-hydrogen) atoms. The van der Waals surface area contributed by atoms with Crippen LogP contribution in [0.3, 0.4) is 0 Å². The minimum atomic E-state index is -0.703. The van der Waals surface area contributed by atoms with Gasteiger partial charge in [0, 0.05) is 19.2 Å². The molecular weight excluding hydrogens is 399 g/mol. The quantitative estimate of drug-likeness (QED) is 0.583. The number of hydrogen-bond donors (Lipinski definition) is 1. The number of carbonyl (C=O) groups excluding carboxylic acids is 2. The molecule has 2 fully saturated rings. The molecule has 2 heterocycles. The van der Waals surface area contributed by atoms with Crippen LogP contribution in [0.2, 0.25) is 0 Å². The van der Waals surface area contributed by atoms with Gasteiger partial charge in [-0.3, -0.25) is 14.5 Å². The number of likely N-dealkylation sites (tertiary alicyclic amines) is 1. The summed E-state index contributed by atoms with van der Waals surface area (Å²) in [6.45, 7) is 2.36. The van der Waals surface area contributed by atoms with E-state index in [4.69, 9.17) is 12.2 Å². The normalized spacial score (nSPS) is 22.8. The lowest BCUT2D eigenvalue weighted by Gasteiger charge is -2.38. The molecule has 2 saturated heterocycles. The predicted molar refractivity (Wildman–Crippen MR) is 112 cm³/mol. The summed E-state index contributed by atoms with van der Waals surface area (Å²) in [4.78, 5) is 29.5. The van der Waals surface area contributed by atoms with Gasteiger partial charge in [-0.25, -0.2) is 4.39 Å². The molecule has 1 N–H and O–H groups in total. The third-order valence-corrected chi connectivity index (χ3v) is 6.44. The first-order valence-electron chi connectivity index (χ1n) is 9.36. The van der Waals surface area contributed by atoms with Crippen molar-refractivity contribution in [1.29, 1.82) is 0 Å². The highest BCUT2D eigenvalue weighted by Crippen LogP contribution is 2.35. The molecule has 0 aliphatic carbocycles. The van der Waals surface area contributed by atoms with Gasteiger partial charge in [0.2, 0.25) is 5.91 Å². The summed E-state index contributed by atoms with van der Waals surface area (Å²) in [5.74, 6) is -0.795. The topological polar surface area (TPSA) is 60.9 Å². The van der Waals surface area contributed by atoms with Gasteiger partial charge in [0.1, 0.15) is 16.2 Å². The Hall–Kier alpha value is -1.77. The molecule has 8 heteroatoms. The highest BCUT2D eigenvalue weighted by Gasteiger charge is 2.40. The maximum Gasteiger partial charge on any atom is 0.266 e. The predicted octanol–water partition coefficient (Wildman–Crippen LogP) is 3.18. The average Bonchev–Trinajstić information content (AvgIpc) is 2.96. The maximum absolute atomic E-state index is 13.1. The van der Waals surface area contributed by atoms with Crippen molar-refractivity contribution in [2.24, 2.45) is 0 Å². The van der Waals surface area contributed by atoms with Gasteiger partial charge in [-0.1, -0.05) is 36.1 Å². The Morgan fingerprint density at radius 1 is 1.39 bits per heavy atom. The molecule has 2 amide bonds. The molecule has 0 spiro atoms. The minimum absolute atomic E-state index is 0.00172. The smallest absolute Gasteiger partial charge is 0.266 e. The first-order chi connectivity index (χ1) is 13.4. The van der Waals surface area contributed by atoms with Crippen molar-refractivity contribution in [2.75, 3.05) is 13.2 Å². The molecule has 0 unspecified atom stereocenters. The van der Waals surface area contributed by atoms with E-state index in [1.165, 1.54) is 17.0 Å². The van der Waals surface area contributed by atoms with Crippen molar-refractivity contribution >= 4 is 46.2 Å². The standard InChI is InChI=1S/C20H23FN2O3S2/c1-13(18(25)22-10-3-2-4-16(22)9-11-24)23-19(26)17(28-20(23)27)12-14-5-7-15(21)8-6-14/h5-8,12-13,16,24H,2-4,9-11H2,1H3/b17-12-/t13-,16-/m0/s1. The van der Waals surface area contributed by atoms with Crippen molar-refractivity contribution in [3.63, 3.8) is 0 Å². The van der Waals surface area contributed by atoms with Crippen LogP contribution < -0.4 is 0 Å². The van der Waals surface area contributed by atoms with Gasteiger partial charge in [0.25, 0.3) is 5.91 Å². The molecule has 0 aromatic heterocycles. The highest BCUT2D eigenvalue weighted by molar-refractivity contribution is 8.26. The second-order valence-corrected chi connectivity index (χ2v) is 8.65. The molecule has 0 radical (unpaired) electrons. The zero-order valence-corrected chi connectivity index (χ0v) is 17.3. The summed E-state index contributed by atoms with van der Waals surface area (Å²) < 4.78 is 13.4. The SMILES string of the molecule is C[C@@H](C(=O)N1CCCC[C@H]1CCO)N1C(=O)/C(=C/c2ccc(F)cc2)SC1=S. The summed E-state index contributed by atoms with van der Waals surface area (Å²) in [7, 11) is 0. The number of rotatable bonds is 5. The highest BCUT2D eigenvalue weighted by atomic mass is 32.2. The van der Waals surface area contributed by atoms with Crippen LogP contribution in [-0.2, 0) is 9.59 Å². The van der Waals surface area contributed by atoms with Gasteiger partial charge >= 0.3 is 0 Å². The first kappa shape index (κ1) is 21.0. The van der Waals surface area contributed by atoms with E-state index in [2.05, 4.69) is 0 Å².